The van der Waals surface area contributed by atoms with Crippen molar-refractivity contribution in [2.45, 2.75) is 45.3 Å². The Morgan fingerprint density at radius 2 is 2.31 bits per heavy atom. The van der Waals surface area contributed by atoms with E-state index in [1.165, 1.54) is 24.3 Å². The number of rotatable bonds is 7. The number of hydrogen-bond donors (Lipinski definition) is 1. The van der Waals surface area contributed by atoms with E-state index in [0.717, 1.165) is 19.1 Å². The SMILES string of the molecule is CC(C)N(CCNCc1cccs1)C1CC1. The summed E-state index contributed by atoms with van der Waals surface area (Å²) in [5, 5.41) is 5.67. The van der Waals surface area contributed by atoms with E-state index in [1.807, 2.05) is 11.3 Å². The van der Waals surface area contributed by atoms with E-state index < -0.39 is 0 Å². The van der Waals surface area contributed by atoms with Crippen LogP contribution in [0.2, 0.25) is 0 Å². The first-order valence-corrected chi connectivity index (χ1v) is 7.14. The molecule has 1 aliphatic carbocycles. The molecule has 1 aliphatic rings. The molecule has 1 saturated carbocycles. The highest BCUT2D eigenvalue weighted by Gasteiger charge is 2.29. The van der Waals surface area contributed by atoms with Crippen LogP contribution in [0.25, 0.3) is 0 Å². The van der Waals surface area contributed by atoms with Crippen LogP contribution >= 0.6 is 11.3 Å². The molecule has 0 amide bonds. The van der Waals surface area contributed by atoms with Crippen molar-refractivity contribution in [3.63, 3.8) is 0 Å². The fourth-order valence-corrected chi connectivity index (χ4v) is 2.78. The lowest BCUT2D eigenvalue weighted by molar-refractivity contribution is 0.211. The second-order valence-electron chi connectivity index (χ2n) is 4.82. The zero-order valence-corrected chi connectivity index (χ0v) is 11.1. The Kier molecular flexibility index (Phi) is 4.38. The van der Waals surface area contributed by atoms with Crippen molar-refractivity contribution in [2.24, 2.45) is 0 Å². The van der Waals surface area contributed by atoms with Gasteiger partial charge in [-0.15, -0.1) is 11.3 Å². The summed E-state index contributed by atoms with van der Waals surface area (Å²) in [6.45, 7) is 7.92. The molecule has 0 bridgehead atoms. The minimum Gasteiger partial charge on any atom is -0.311 e. The van der Waals surface area contributed by atoms with Crippen LogP contribution < -0.4 is 5.32 Å². The van der Waals surface area contributed by atoms with Gasteiger partial charge in [0, 0.05) is 36.6 Å². The molecule has 0 atom stereocenters. The van der Waals surface area contributed by atoms with Crippen molar-refractivity contribution in [3.05, 3.63) is 22.4 Å². The average Bonchev–Trinajstić information content (AvgIpc) is 2.94. The van der Waals surface area contributed by atoms with E-state index in [-0.39, 0.29) is 0 Å². The van der Waals surface area contributed by atoms with Gasteiger partial charge in [0.1, 0.15) is 0 Å². The van der Waals surface area contributed by atoms with Gasteiger partial charge in [0.05, 0.1) is 0 Å². The largest absolute Gasteiger partial charge is 0.311 e. The maximum Gasteiger partial charge on any atom is 0.0300 e. The zero-order chi connectivity index (χ0) is 11.4. The zero-order valence-electron chi connectivity index (χ0n) is 10.3. The van der Waals surface area contributed by atoms with Crippen molar-refractivity contribution < 1.29 is 0 Å². The minimum absolute atomic E-state index is 0.691. The van der Waals surface area contributed by atoms with E-state index in [0.29, 0.717) is 6.04 Å². The Hall–Kier alpha value is -0.380. The molecule has 1 aromatic rings. The molecule has 1 aromatic heterocycles. The first kappa shape index (κ1) is 12.1. The van der Waals surface area contributed by atoms with Crippen LogP contribution in [-0.4, -0.2) is 30.1 Å². The first-order chi connectivity index (χ1) is 7.77. The average molecular weight is 238 g/mol. The maximum atomic E-state index is 3.52. The highest BCUT2D eigenvalue weighted by Crippen LogP contribution is 2.27. The second kappa shape index (κ2) is 5.80. The normalized spacial score (nSPS) is 16.2. The molecule has 2 rings (SSSR count). The number of thiophene rings is 1. The van der Waals surface area contributed by atoms with E-state index in [4.69, 9.17) is 0 Å². The Labute approximate surface area is 103 Å². The lowest BCUT2D eigenvalue weighted by Gasteiger charge is -2.26. The number of hydrogen-bond acceptors (Lipinski definition) is 3. The van der Waals surface area contributed by atoms with Gasteiger partial charge in [-0.25, -0.2) is 0 Å². The van der Waals surface area contributed by atoms with Gasteiger partial charge in [-0.1, -0.05) is 6.07 Å². The molecule has 0 radical (unpaired) electrons. The molecule has 1 N–H and O–H groups in total. The molecular weight excluding hydrogens is 216 g/mol. The molecule has 16 heavy (non-hydrogen) atoms. The quantitative estimate of drug-likeness (QED) is 0.735. The molecule has 0 aromatic carbocycles. The van der Waals surface area contributed by atoms with Crippen LogP contribution in [0.1, 0.15) is 31.6 Å². The Morgan fingerprint density at radius 1 is 1.50 bits per heavy atom. The van der Waals surface area contributed by atoms with Crippen molar-refractivity contribution in [3.8, 4) is 0 Å². The maximum absolute atomic E-state index is 3.52. The third-order valence-electron chi connectivity index (χ3n) is 3.11. The summed E-state index contributed by atoms with van der Waals surface area (Å²) in [5.41, 5.74) is 0. The number of nitrogens with one attached hydrogen (secondary N) is 1. The molecule has 0 aliphatic heterocycles. The summed E-state index contributed by atoms with van der Waals surface area (Å²) in [4.78, 5) is 4.06. The lowest BCUT2D eigenvalue weighted by Crippen LogP contribution is -2.38. The summed E-state index contributed by atoms with van der Waals surface area (Å²) in [5.74, 6) is 0. The van der Waals surface area contributed by atoms with Gasteiger partial charge in [0.15, 0.2) is 0 Å². The highest BCUT2D eigenvalue weighted by molar-refractivity contribution is 7.09. The molecule has 2 nitrogen and oxygen atoms in total. The molecule has 1 heterocycles. The van der Waals surface area contributed by atoms with Crippen molar-refractivity contribution >= 4 is 11.3 Å². The van der Waals surface area contributed by atoms with Crippen molar-refractivity contribution in [2.75, 3.05) is 13.1 Å². The van der Waals surface area contributed by atoms with Crippen LogP contribution in [-0.2, 0) is 6.54 Å². The van der Waals surface area contributed by atoms with Crippen LogP contribution in [0.3, 0.4) is 0 Å². The van der Waals surface area contributed by atoms with Crippen LogP contribution in [0.15, 0.2) is 17.5 Å². The monoisotopic (exact) mass is 238 g/mol. The summed E-state index contributed by atoms with van der Waals surface area (Å²) in [6, 6.07) is 5.88. The number of nitrogens with zero attached hydrogens (tertiary/aromatic N) is 1. The lowest BCUT2D eigenvalue weighted by atomic mass is 10.3. The van der Waals surface area contributed by atoms with Gasteiger partial charge in [0.2, 0.25) is 0 Å². The van der Waals surface area contributed by atoms with Crippen LogP contribution in [0, 0.1) is 0 Å². The standard InChI is InChI=1S/C13H22N2S/c1-11(2)15(12-5-6-12)8-7-14-10-13-4-3-9-16-13/h3-4,9,11-12,14H,5-8,10H2,1-2H3. The topological polar surface area (TPSA) is 15.3 Å². The van der Waals surface area contributed by atoms with E-state index >= 15 is 0 Å². The van der Waals surface area contributed by atoms with Gasteiger partial charge in [-0.05, 0) is 38.1 Å². The van der Waals surface area contributed by atoms with E-state index in [1.54, 1.807) is 0 Å². The second-order valence-corrected chi connectivity index (χ2v) is 5.85. The van der Waals surface area contributed by atoms with Gasteiger partial charge in [-0.3, -0.25) is 4.90 Å². The summed E-state index contributed by atoms with van der Waals surface area (Å²) >= 11 is 1.83. The molecule has 90 valence electrons. The van der Waals surface area contributed by atoms with Crippen LogP contribution in [0.4, 0.5) is 0 Å². The Balaban J connectivity index is 1.63. The van der Waals surface area contributed by atoms with Gasteiger partial charge < -0.3 is 5.32 Å². The van der Waals surface area contributed by atoms with Crippen molar-refractivity contribution in [1.29, 1.82) is 0 Å². The third kappa shape index (κ3) is 3.58. The van der Waals surface area contributed by atoms with Crippen LogP contribution in [0.5, 0.6) is 0 Å². The van der Waals surface area contributed by atoms with E-state index in [9.17, 15) is 0 Å². The summed E-state index contributed by atoms with van der Waals surface area (Å²) < 4.78 is 0. The minimum atomic E-state index is 0.691. The predicted octanol–water partition coefficient (Wildman–Crippen LogP) is 2.71. The molecule has 0 unspecified atom stereocenters. The fraction of sp³-hybridized carbons (Fsp3) is 0.692. The predicted molar refractivity (Wildman–Crippen MR) is 70.9 cm³/mol. The van der Waals surface area contributed by atoms with E-state index in [2.05, 4.69) is 41.6 Å². The molecule has 1 fully saturated rings. The van der Waals surface area contributed by atoms with Gasteiger partial charge >= 0.3 is 0 Å². The molecule has 3 heteroatoms. The molecule has 0 spiro atoms. The fourth-order valence-electron chi connectivity index (χ4n) is 2.10. The highest BCUT2D eigenvalue weighted by atomic mass is 32.1. The van der Waals surface area contributed by atoms with Gasteiger partial charge in [0.25, 0.3) is 0 Å². The molecule has 0 saturated heterocycles. The molecular formula is C13H22N2S. The Bertz CT molecular complexity index is 289. The third-order valence-corrected chi connectivity index (χ3v) is 3.98. The Morgan fingerprint density at radius 3 is 2.88 bits per heavy atom. The first-order valence-electron chi connectivity index (χ1n) is 6.26. The summed E-state index contributed by atoms with van der Waals surface area (Å²) in [7, 11) is 0. The van der Waals surface area contributed by atoms with Crippen molar-refractivity contribution in [1.82, 2.24) is 10.2 Å². The summed E-state index contributed by atoms with van der Waals surface area (Å²) in [6.07, 6.45) is 2.81. The smallest absolute Gasteiger partial charge is 0.0300 e. The van der Waals surface area contributed by atoms with Gasteiger partial charge in [-0.2, -0.15) is 0 Å².